The van der Waals surface area contributed by atoms with Crippen molar-refractivity contribution < 1.29 is 9.47 Å². The molecule has 1 aliphatic heterocycles. The predicted octanol–water partition coefficient (Wildman–Crippen LogP) is 4.60. The molecule has 0 atom stereocenters. The summed E-state index contributed by atoms with van der Waals surface area (Å²) >= 11 is 1.78. The summed E-state index contributed by atoms with van der Waals surface area (Å²) in [6, 6.07) is 12.0. The highest BCUT2D eigenvalue weighted by Crippen LogP contribution is 2.27. The van der Waals surface area contributed by atoms with Crippen LogP contribution in [-0.4, -0.2) is 36.7 Å². The molecule has 0 spiro atoms. The molecule has 0 N–H and O–H groups in total. The smallest absolute Gasteiger partial charge is 0.130 e. The average Bonchev–Trinajstić information content (AvgIpc) is 3.23. The number of ether oxygens (including phenoxy) is 2. The third-order valence-electron chi connectivity index (χ3n) is 4.35. The van der Waals surface area contributed by atoms with Crippen molar-refractivity contribution in [3.8, 4) is 11.5 Å². The second-order valence-corrected chi connectivity index (χ2v) is 6.97. The maximum absolute atomic E-state index is 6.05. The first-order valence-electron chi connectivity index (χ1n) is 8.54. The van der Waals surface area contributed by atoms with E-state index in [4.69, 9.17) is 9.47 Å². The van der Waals surface area contributed by atoms with E-state index in [1.54, 1.807) is 24.6 Å². The number of aromatic nitrogens is 1. The maximum Gasteiger partial charge on any atom is 0.130 e. The van der Waals surface area contributed by atoms with Gasteiger partial charge in [-0.05, 0) is 47.5 Å². The van der Waals surface area contributed by atoms with Crippen LogP contribution in [0.1, 0.15) is 4.88 Å². The fourth-order valence-corrected chi connectivity index (χ4v) is 3.75. The normalized spacial score (nSPS) is 13.7. The molecule has 0 saturated heterocycles. The van der Waals surface area contributed by atoms with E-state index in [2.05, 4.69) is 45.7 Å². The van der Waals surface area contributed by atoms with Crippen LogP contribution in [-0.2, 0) is 0 Å². The van der Waals surface area contributed by atoms with Crippen LogP contribution in [0.2, 0.25) is 0 Å². The Hall–Kier alpha value is -2.79. The minimum atomic E-state index is 0.618. The minimum absolute atomic E-state index is 0.618. The highest BCUT2D eigenvalue weighted by atomic mass is 32.1. The van der Waals surface area contributed by atoms with Gasteiger partial charge in [0.2, 0.25) is 0 Å². The summed E-state index contributed by atoms with van der Waals surface area (Å²) < 4.78 is 11.3. The zero-order valence-corrected chi connectivity index (χ0v) is 15.4. The highest BCUT2D eigenvalue weighted by molar-refractivity contribution is 7.11. The van der Waals surface area contributed by atoms with Gasteiger partial charge in [-0.3, -0.25) is 4.98 Å². The fourth-order valence-electron chi connectivity index (χ4n) is 3.01. The molecule has 1 aliphatic rings. The van der Waals surface area contributed by atoms with Crippen molar-refractivity contribution in [2.45, 2.75) is 0 Å². The van der Waals surface area contributed by atoms with E-state index in [9.17, 15) is 0 Å². The van der Waals surface area contributed by atoms with Crippen molar-refractivity contribution >= 4 is 27.8 Å². The van der Waals surface area contributed by atoms with E-state index >= 15 is 0 Å². The number of pyridine rings is 1. The van der Waals surface area contributed by atoms with Gasteiger partial charge < -0.3 is 14.4 Å². The predicted molar refractivity (Wildman–Crippen MR) is 107 cm³/mol. The molecule has 132 valence electrons. The molecule has 0 aliphatic carbocycles. The Balaban J connectivity index is 1.39. The molecule has 2 aromatic heterocycles. The Bertz CT molecular complexity index is 948. The average molecular weight is 364 g/mol. The van der Waals surface area contributed by atoms with Crippen molar-refractivity contribution in [2.75, 3.05) is 26.8 Å². The highest BCUT2D eigenvalue weighted by Gasteiger charge is 2.11. The largest absolute Gasteiger partial charge is 0.497 e. The van der Waals surface area contributed by atoms with Gasteiger partial charge in [0.15, 0.2) is 0 Å². The Morgan fingerprint density at radius 1 is 1.23 bits per heavy atom. The lowest BCUT2D eigenvalue weighted by molar-refractivity contribution is 0.267. The van der Waals surface area contributed by atoms with E-state index in [1.807, 2.05) is 24.3 Å². The molecule has 4 rings (SSSR count). The van der Waals surface area contributed by atoms with Gasteiger partial charge in [0.05, 0.1) is 19.2 Å². The molecule has 0 radical (unpaired) electrons. The van der Waals surface area contributed by atoms with Crippen molar-refractivity contribution in [3.05, 3.63) is 71.2 Å². The molecule has 0 saturated carbocycles. The lowest BCUT2D eigenvalue weighted by atomic mass is 10.1. The number of allylic oxidation sites excluding steroid dienone is 2. The molecule has 3 heterocycles. The molecule has 5 heteroatoms. The van der Waals surface area contributed by atoms with Gasteiger partial charge in [0, 0.05) is 29.1 Å². The van der Waals surface area contributed by atoms with Crippen LogP contribution < -0.4 is 9.47 Å². The summed E-state index contributed by atoms with van der Waals surface area (Å²) in [5.74, 6) is 1.65. The Kier molecular flexibility index (Phi) is 4.88. The molecular formula is C21H20N2O2S. The summed E-state index contributed by atoms with van der Waals surface area (Å²) in [7, 11) is 1.66. The number of hydrogen-bond donors (Lipinski definition) is 0. The Morgan fingerprint density at radius 3 is 3.04 bits per heavy atom. The second-order valence-electron chi connectivity index (χ2n) is 6.02. The third kappa shape index (κ3) is 3.58. The number of hydrogen-bond acceptors (Lipinski definition) is 5. The number of thiophene rings is 1. The summed E-state index contributed by atoms with van der Waals surface area (Å²) in [4.78, 5) is 8.01. The van der Waals surface area contributed by atoms with Crippen LogP contribution in [0.25, 0.3) is 16.5 Å². The fraction of sp³-hybridized carbons (Fsp3) is 0.190. The SMILES string of the molecule is COc1ccc2c(OCCN3C=CC=C(c4cccs4)C3)ccnc2c1. The summed E-state index contributed by atoms with van der Waals surface area (Å²) in [6.45, 7) is 2.36. The van der Waals surface area contributed by atoms with Crippen LogP contribution in [0.5, 0.6) is 11.5 Å². The molecule has 3 aromatic rings. The molecule has 26 heavy (non-hydrogen) atoms. The molecule has 0 unspecified atom stereocenters. The summed E-state index contributed by atoms with van der Waals surface area (Å²) in [6.07, 6.45) is 8.19. The van der Waals surface area contributed by atoms with Gasteiger partial charge >= 0.3 is 0 Å². The quantitative estimate of drug-likeness (QED) is 0.640. The zero-order chi connectivity index (χ0) is 17.8. The van der Waals surface area contributed by atoms with E-state index in [-0.39, 0.29) is 0 Å². The first-order valence-corrected chi connectivity index (χ1v) is 9.42. The number of rotatable bonds is 6. The number of benzene rings is 1. The standard InChI is InChI=1S/C21H20N2O2S/c1-24-17-6-7-18-19(14-17)22-9-8-20(18)25-12-11-23-10-2-4-16(15-23)21-5-3-13-26-21/h2-10,13-14H,11-12,15H2,1H3. The van der Waals surface area contributed by atoms with Gasteiger partial charge in [-0.1, -0.05) is 12.1 Å². The van der Waals surface area contributed by atoms with Crippen molar-refractivity contribution in [1.29, 1.82) is 0 Å². The Morgan fingerprint density at radius 2 is 2.19 bits per heavy atom. The van der Waals surface area contributed by atoms with Gasteiger partial charge in [-0.25, -0.2) is 0 Å². The first-order chi connectivity index (χ1) is 12.8. The van der Waals surface area contributed by atoms with Gasteiger partial charge in [0.1, 0.15) is 18.1 Å². The molecule has 0 amide bonds. The third-order valence-corrected chi connectivity index (χ3v) is 5.30. The molecule has 0 fully saturated rings. The van der Waals surface area contributed by atoms with E-state index in [1.165, 1.54) is 10.5 Å². The zero-order valence-electron chi connectivity index (χ0n) is 14.6. The molecule has 0 bridgehead atoms. The number of nitrogens with zero attached hydrogens (tertiary/aromatic N) is 2. The lowest BCUT2D eigenvalue weighted by Crippen LogP contribution is -2.26. The van der Waals surface area contributed by atoms with Crippen molar-refractivity contribution in [2.24, 2.45) is 0 Å². The number of fused-ring (bicyclic) bond motifs is 1. The van der Waals surface area contributed by atoms with Gasteiger partial charge in [0.25, 0.3) is 0 Å². The van der Waals surface area contributed by atoms with Crippen molar-refractivity contribution in [3.63, 3.8) is 0 Å². The van der Waals surface area contributed by atoms with E-state index in [0.717, 1.165) is 35.5 Å². The topological polar surface area (TPSA) is 34.6 Å². The van der Waals surface area contributed by atoms with Crippen molar-refractivity contribution in [1.82, 2.24) is 9.88 Å². The Labute approximate surface area is 157 Å². The van der Waals surface area contributed by atoms with Gasteiger partial charge in [-0.15, -0.1) is 11.3 Å². The van der Waals surface area contributed by atoms with Gasteiger partial charge in [-0.2, -0.15) is 0 Å². The van der Waals surface area contributed by atoms with E-state index < -0.39 is 0 Å². The summed E-state index contributed by atoms with van der Waals surface area (Å²) in [5, 5.41) is 3.12. The van der Waals surface area contributed by atoms with Crippen LogP contribution in [0.15, 0.2) is 66.3 Å². The maximum atomic E-state index is 6.05. The first kappa shape index (κ1) is 16.7. The summed E-state index contributed by atoms with van der Waals surface area (Å²) in [5.41, 5.74) is 2.23. The van der Waals surface area contributed by atoms with Crippen LogP contribution in [0.3, 0.4) is 0 Å². The molecular weight excluding hydrogens is 344 g/mol. The van der Waals surface area contributed by atoms with Crippen LogP contribution in [0, 0.1) is 0 Å². The van der Waals surface area contributed by atoms with E-state index in [0.29, 0.717) is 6.61 Å². The minimum Gasteiger partial charge on any atom is -0.497 e. The molecule has 4 nitrogen and oxygen atoms in total. The number of methoxy groups -OCH3 is 1. The second kappa shape index (κ2) is 7.62. The molecule has 1 aromatic carbocycles. The monoisotopic (exact) mass is 364 g/mol. The van der Waals surface area contributed by atoms with Crippen LogP contribution in [0.4, 0.5) is 0 Å². The van der Waals surface area contributed by atoms with Crippen LogP contribution >= 0.6 is 11.3 Å². The lowest BCUT2D eigenvalue weighted by Gasteiger charge is -2.24.